The number of amides is 1. The number of anilines is 1. The van der Waals surface area contributed by atoms with Gasteiger partial charge in [-0.3, -0.25) is 14.9 Å². The Morgan fingerprint density at radius 1 is 1.23 bits per heavy atom. The fraction of sp³-hybridized carbons (Fsp3) is 0.208. The first-order valence-corrected chi connectivity index (χ1v) is 10.6. The molecule has 3 aromatic rings. The van der Waals surface area contributed by atoms with Crippen molar-refractivity contribution in [1.82, 2.24) is 5.01 Å². The second kappa shape index (κ2) is 10.1. The summed E-state index contributed by atoms with van der Waals surface area (Å²) in [6, 6.07) is 14.1. The van der Waals surface area contributed by atoms with Crippen LogP contribution in [0.3, 0.4) is 0 Å². The molecule has 2 aromatic carbocycles. The molecule has 0 saturated heterocycles. The molecule has 11 heteroatoms. The topological polar surface area (TPSA) is 137 Å². The zero-order valence-electron chi connectivity index (χ0n) is 19.0. The summed E-state index contributed by atoms with van der Waals surface area (Å²) < 4.78 is 15.9. The molecule has 11 nitrogen and oxygen atoms in total. The van der Waals surface area contributed by atoms with Gasteiger partial charge in [-0.1, -0.05) is 0 Å². The van der Waals surface area contributed by atoms with Gasteiger partial charge in [-0.2, -0.15) is 5.10 Å². The molecule has 1 aliphatic rings. The van der Waals surface area contributed by atoms with Gasteiger partial charge in [0.25, 0.3) is 11.6 Å². The summed E-state index contributed by atoms with van der Waals surface area (Å²) in [6.45, 7) is -0.600. The molecule has 35 heavy (non-hydrogen) atoms. The molecule has 0 spiro atoms. The monoisotopic (exact) mass is 478 g/mol. The van der Waals surface area contributed by atoms with Crippen molar-refractivity contribution in [1.29, 1.82) is 0 Å². The summed E-state index contributed by atoms with van der Waals surface area (Å²) in [7, 11) is 3.11. The lowest BCUT2D eigenvalue weighted by Gasteiger charge is -2.19. The summed E-state index contributed by atoms with van der Waals surface area (Å²) >= 11 is 0. The maximum absolute atomic E-state index is 13.0. The molecule has 1 N–H and O–H groups in total. The first-order valence-electron chi connectivity index (χ1n) is 10.6. The Labute approximate surface area is 200 Å². The number of carbonyl (C=O) groups is 2. The van der Waals surface area contributed by atoms with Crippen LogP contribution >= 0.6 is 0 Å². The first kappa shape index (κ1) is 23.5. The molecule has 1 aromatic heterocycles. The highest BCUT2D eigenvalue weighted by Gasteiger charge is 2.35. The van der Waals surface area contributed by atoms with Crippen LogP contribution in [0.2, 0.25) is 0 Å². The normalized spacial score (nSPS) is 14.9. The van der Waals surface area contributed by atoms with E-state index < -0.39 is 29.4 Å². The predicted octanol–water partition coefficient (Wildman–Crippen LogP) is 3.77. The van der Waals surface area contributed by atoms with Crippen LogP contribution in [0.4, 0.5) is 11.4 Å². The number of ether oxygens (including phenoxy) is 2. The number of nitro benzene ring substituents is 1. The van der Waals surface area contributed by atoms with Gasteiger partial charge in [0.2, 0.25) is 0 Å². The van der Waals surface area contributed by atoms with E-state index in [1.807, 2.05) is 12.1 Å². The zero-order valence-corrected chi connectivity index (χ0v) is 19.0. The highest BCUT2D eigenvalue weighted by Crippen LogP contribution is 2.33. The van der Waals surface area contributed by atoms with Gasteiger partial charge < -0.3 is 19.2 Å². The number of furan rings is 1. The molecule has 2 heterocycles. The Balaban J connectivity index is 1.51. The molecule has 0 radical (unpaired) electrons. The minimum Gasteiger partial charge on any atom is -0.497 e. The van der Waals surface area contributed by atoms with Gasteiger partial charge in [0.1, 0.15) is 23.2 Å². The third-order valence-corrected chi connectivity index (χ3v) is 5.49. The number of hydrazone groups is 1. The third-order valence-electron chi connectivity index (χ3n) is 5.49. The van der Waals surface area contributed by atoms with Crippen molar-refractivity contribution in [3.05, 3.63) is 87.9 Å². The van der Waals surface area contributed by atoms with Gasteiger partial charge in [0.15, 0.2) is 6.61 Å². The number of nitro groups is 1. The van der Waals surface area contributed by atoms with E-state index >= 15 is 0 Å². The van der Waals surface area contributed by atoms with Crippen LogP contribution in [-0.4, -0.2) is 48.3 Å². The molecule has 4 rings (SSSR count). The number of methoxy groups -OCH3 is 1. The second-order valence-electron chi connectivity index (χ2n) is 7.56. The fourth-order valence-electron chi connectivity index (χ4n) is 3.70. The van der Waals surface area contributed by atoms with Gasteiger partial charge in [0, 0.05) is 19.5 Å². The number of hydrogen-bond donors (Lipinski definition) is 1. The average Bonchev–Trinajstić information content (AvgIpc) is 3.57. The molecule has 0 fully saturated rings. The third kappa shape index (κ3) is 4.98. The molecular weight excluding hydrogens is 456 g/mol. The summed E-state index contributed by atoms with van der Waals surface area (Å²) in [5.41, 5.74) is 1.40. The Bertz CT molecular complexity index is 1270. The summed E-state index contributed by atoms with van der Waals surface area (Å²) in [5.74, 6) is -0.199. The minimum atomic E-state index is -0.864. The van der Waals surface area contributed by atoms with Gasteiger partial charge in [-0.05, 0) is 54.1 Å². The lowest BCUT2D eigenvalue weighted by atomic mass is 10.0. The van der Waals surface area contributed by atoms with Crippen LogP contribution in [0, 0.1) is 10.1 Å². The van der Waals surface area contributed by atoms with Crippen LogP contribution in [0.25, 0.3) is 0 Å². The molecule has 1 aliphatic heterocycles. The number of esters is 1. The van der Waals surface area contributed by atoms with Crippen molar-refractivity contribution in [3.8, 4) is 5.75 Å². The number of nitrogens with zero attached hydrogens (tertiary/aromatic N) is 3. The predicted molar refractivity (Wildman–Crippen MR) is 125 cm³/mol. The maximum Gasteiger partial charge on any atom is 0.338 e. The minimum absolute atomic E-state index is 0.0464. The summed E-state index contributed by atoms with van der Waals surface area (Å²) in [5, 5.41) is 19.6. The standard InChI is InChI=1S/C24H22N4O7/c1-25-18-10-7-16(12-20(18)28(31)32)24(30)35-14-23(29)27-21(22-4-3-11-34-22)13-19(26-27)15-5-8-17(33-2)9-6-15/h3-12,21,25H,13-14H2,1-2H3/t21-/m0/s1. The number of carbonyl (C=O) groups excluding carboxylic acids is 2. The first-order chi connectivity index (χ1) is 16.9. The molecule has 180 valence electrons. The van der Waals surface area contributed by atoms with Gasteiger partial charge >= 0.3 is 5.97 Å². The molecule has 0 aliphatic carbocycles. The van der Waals surface area contributed by atoms with Crippen molar-refractivity contribution in [2.45, 2.75) is 12.5 Å². The van der Waals surface area contributed by atoms with Crippen LogP contribution in [0.15, 0.2) is 70.4 Å². The Hall–Kier alpha value is -4.67. The SMILES string of the molecule is CNc1ccc(C(=O)OCC(=O)N2N=C(c3ccc(OC)cc3)C[C@H]2c2ccco2)cc1[N+](=O)[O-]. The molecule has 1 atom stereocenters. The Morgan fingerprint density at radius 3 is 2.63 bits per heavy atom. The van der Waals surface area contributed by atoms with E-state index in [1.54, 1.807) is 31.4 Å². The average molecular weight is 478 g/mol. The molecule has 0 saturated carbocycles. The highest BCUT2D eigenvalue weighted by atomic mass is 16.6. The van der Waals surface area contributed by atoms with Gasteiger partial charge in [0.05, 0.1) is 29.6 Å². The molecule has 0 bridgehead atoms. The van der Waals surface area contributed by atoms with E-state index in [-0.39, 0.29) is 16.9 Å². The summed E-state index contributed by atoms with van der Waals surface area (Å²) in [4.78, 5) is 36.1. The van der Waals surface area contributed by atoms with E-state index in [4.69, 9.17) is 13.9 Å². The van der Waals surface area contributed by atoms with Crippen LogP contribution in [0.1, 0.15) is 34.1 Å². The lowest BCUT2D eigenvalue weighted by molar-refractivity contribution is -0.384. The van der Waals surface area contributed by atoms with E-state index in [0.29, 0.717) is 23.6 Å². The van der Waals surface area contributed by atoms with Crippen LogP contribution < -0.4 is 10.1 Å². The van der Waals surface area contributed by atoms with E-state index in [0.717, 1.165) is 11.6 Å². The largest absolute Gasteiger partial charge is 0.497 e. The molecule has 0 unspecified atom stereocenters. The van der Waals surface area contributed by atoms with Crippen molar-refractivity contribution >= 4 is 29.0 Å². The maximum atomic E-state index is 13.0. The van der Waals surface area contributed by atoms with E-state index in [9.17, 15) is 19.7 Å². The summed E-state index contributed by atoms with van der Waals surface area (Å²) in [6.07, 6.45) is 1.91. The van der Waals surface area contributed by atoms with Crippen molar-refractivity contribution in [3.63, 3.8) is 0 Å². The smallest absolute Gasteiger partial charge is 0.338 e. The molecule has 1 amide bonds. The van der Waals surface area contributed by atoms with Gasteiger partial charge in [-0.25, -0.2) is 9.80 Å². The van der Waals surface area contributed by atoms with Crippen molar-refractivity contribution < 1.29 is 28.4 Å². The number of nitrogens with one attached hydrogen (secondary N) is 1. The van der Waals surface area contributed by atoms with Crippen LogP contribution in [0.5, 0.6) is 5.75 Å². The number of benzene rings is 2. The van der Waals surface area contributed by atoms with Crippen molar-refractivity contribution in [2.24, 2.45) is 5.10 Å². The van der Waals surface area contributed by atoms with E-state index in [1.165, 1.54) is 30.5 Å². The highest BCUT2D eigenvalue weighted by molar-refractivity contribution is 6.03. The quantitative estimate of drug-likeness (QED) is 0.293. The van der Waals surface area contributed by atoms with Crippen LogP contribution in [-0.2, 0) is 9.53 Å². The lowest BCUT2D eigenvalue weighted by Crippen LogP contribution is -2.31. The van der Waals surface area contributed by atoms with E-state index in [2.05, 4.69) is 10.4 Å². The van der Waals surface area contributed by atoms with Crippen molar-refractivity contribution in [2.75, 3.05) is 26.1 Å². The Kier molecular flexibility index (Phi) is 6.76. The zero-order chi connectivity index (χ0) is 24.9. The number of rotatable bonds is 8. The Morgan fingerprint density at radius 2 is 2.00 bits per heavy atom. The fourth-order valence-corrected chi connectivity index (χ4v) is 3.70. The number of hydrogen-bond acceptors (Lipinski definition) is 9. The van der Waals surface area contributed by atoms with Gasteiger partial charge in [-0.15, -0.1) is 0 Å². The second-order valence-corrected chi connectivity index (χ2v) is 7.56. The molecular formula is C24H22N4O7.